The summed E-state index contributed by atoms with van der Waals surface area (Å²) in [7, 11) is 0. The Morgan fingerprint density at radius 1 is 1.00 bits per heavy atom. The van der Waals surface area contributed by atoms with E-state index in [0.717, 1.165) is 44.1 Å². The largest absolute Gasteiger partial charge is 0.458 e. The van der Waals surface area contributed by atoms with Crippen molar-refractivity contribution in [3.63, 3.8) is 0 Å². The van der Waals surface area contributed by atoms with Gasteiger partial charge in [0.2, 0.25) is 0 Å². The van der Waals surface area contributed by atoms with Crippen molar-refractivity contribution in [2.24, 2.45) is 34.5 Å². The van der Waals surface area contributed by atoms with Crippen LogP contribution in [-0.4, -0.2) is 64.2 Å². The third-order valence-electron chi connectivity index (χ3n) is 11.8. The molecule has 2 aliphatic heterocycles. The van der Waals surface area contributed by atoms with Crippen molar-refractivity contribution in [3.05, 3.63) is 11.6 Å². The van der Waals surface area contributed by atoms with E-state index in [1.54, 1.807) is 6.08 Å². The Morgan fingerprint density at radius 2 is 1.81 bits per heavy atom. The fraction of sp³-hybridized carbons (Fsp3) is 0.897. The second-order valence-electron chi connectivity index (χ2n) is 13.4. The molecule has 0 bridgehead atoms. The second kappa shape index (κ2) is 8.77. The number of esters is 1. The molecule has 0 aromatic rings. The summed E-state index contributed by atoms with van der Waals surface area (Å²) in [4.78, 5) is 11.8. The number of carbonyl (C=O) groups excluding carboxylic acids is 1. The molecule has 12 atom stereocenters. The lowest BCUT2D eigenvalue weighted by atomic mass is 9.42. The molecule has 7 nitrogen and oxygen atoms in total. The number of rotatable bonds is 3. The van der Waals surface area contributed by atoms with E-state index >= 15 is 0 Å². The maximum absolute atomic E-state index is 12.4. The monoisotopic (exact) mass is 504 g/mol. The minimum absolute atomic E-state index is 0.0155. The summed E-state index contributed by atoms with van der Waals surface area (Å²) < 4.78 is 17.6. The molecule has 2 heterocycles. The summed E-state index contributed by atoms with van der Waals surface area (Å²) in [6, 6.07) is 0. The van der Waals surface area contributed by atoms with Gasteiger partial charge in [0.25, 0.3) is 0 Å². The molecule has 3 unspecified atom stereocenters. The lowest BCUT2D eigenvalue weighted by molar-refractivity contribution is -0.260. The Bertz CT molecular complexity index is 909. The molecule has 4 aliphatic carbocycles. The number of aliphatic hydroxyl groups is 3. The average molecular weight is 505 g/mol. The normalized spacial score (nSPS) is 54.8. The summed E-state index contributed by atoms with van der Waals surface area (Å²) >= 11 is 0. The lowest BCUT2D eigenvalue weighted by Gasteiger charge is -2.65. The van der Waals surface area contributed by atoms with E-state index in [1.807, 2.05) is 6.92 Å². The van der Waals surface area contributed by atoms with Crippen molar-refractivity contribution in [1.29, 1.82) is 0 Å². The number of cyclic esters (lactones) is 1. The molecule has 6 aliphatic rings. The molecular formula is C29H44O7. The maximum Gasteiger partial charge on any atom is 0.331 e. The number of carbonyl (C=O) groups is 1. The van der Waals surface area contributed by atoms with Gasteiger partial charge in [-0.2, -0.15) is 0 Å². The zero-order valence-corrected chi connectivity index (χ0v) is 22.0. The predicted molar refractivity (Wildman–Crippen MR) is 132 cm³/mol. The Morgan fingerprint density at radius 3 is 2.53 bits per heavy atom. The van der Waals surface area contributed by atoms with E-state index in [0.29, 0.717) is 31.6 Å². The van der Waals surface area contributed by atoms with Gasteiger partial charge in [-0.1, -0.05) is 13.8 Å². The van der Waals surface area contributed by atoms with Crippen LogP contribution in [0.3, 0.4) is 0 Å². The minimum Gasteiger partial charge on any atom is -0.458 e. The first-order valence-electron chi connectivity index (χ1n) is 14.3. The van der Waals surface area contributed by atoms with Gasteiger partial charge in [-0.05, 0) is 99.4 Å². The van der Waals surface area contributed by atoms with Crippen molar-refractivity contribution in [1.82, 2.24) is 0 Å². The molecule has 0 amide bonds. The maximum atomic E-state index is 12.4. The van der Waals surface area contributed by atoms with Crippen LogP contribution in [-0.2, 0) is 19.0 Å². The molecule has 0 spiro atoms. The van der Waals surface area contributed by atoms with Gasteiger partial charge < -0.3 is 29.5 Å². The Labute approximate surface area is 214 Å². The predicted octanol–water partition coefficient (Wildman–Crippen LogP) is 3.49. The van der Waals surface area contributed by atoms with E-state index in [2.05, 4.69) is 13.8 Å². The molecule has 6 rings (SSSR count). The molecule has 0 aromatic carbocycles. The van der Waals surface area contributed by atoms with E-state index < -0.39 is 17.1 Å². The molecule has 0 radical (unpaired) electrons. The Kier molecular flexibility index (Phi) is 6.16. The molecule has 36 heavy (non-hydrogen) atoms. The van der Waals surface area contributed by atoms with Crippen molar-refractivity contribution in [3.8, 4) is 0 Å². The van der Waals surface area contributed by atoms with Gasteiger partial charge in [-0.15, -0.1) is 0 Å². The molecule has 5 fully saturated rings. The summed E-state index contributed by atoms with van der Waals surface area (Å²) in [5.74, 6) is 0.595. The van der Waals surface area contributed by atoms with E-state index in [9.17, 15) is 20.1 Å². The fourth-order valence-electron chi connectivity index (χ4n) is 9.85. The fourth-order valence-corrected chi connectivity index (χ4v) is 9.85. The SMILES string of the molecule is C[C@@H]1C[C@@H](O)CC(O[C@@H]2CC[C@]3(C)C4C[C@@H](O)[C@]5(C)[C@@H](C6=CC(=O)OC6)CC[C@]5(O)C4CC[C@@H]3C2)O1. The third-order valence-corrected chi connectivity index (χ3v) is 11.8. The molecule has 7 heteroatoms. The van der Waals surface area contributed by atoms with Crippen molar-refractivity contribution >= 4 is 5.97 Å². The quantitative estimate of drug-likeness (QED) is 0.399. The first-order chi connectivity index (χ1) is 17.0. The van der Waals surface area contributed by atoms with Gasteiger partial charge in [0.15, 0.2) is 6.29 Å². The van der Waals surface area contributed by atoms with E-state index in [-0.39, 0.29) is 60.3 Å². The van der Waals surface area contributed by atoms with Crippen LogP contribution in [0.4, 0.5) is 0 Å². The first kappa shape index (κ1) is 25.3. The van der Waals surface area contributed by atoms with Crippen LogP contribution in [0.15, 0.2) is 11.6 Å². The van der Waals surface area contributed by atoms with Crippen molar-refractivity contribution < 1.29 is 34.3 Å². The van der Waals surface area contributed by atoms with Crippen LogP contribution >= 0.6 is 0 Å². The summed E-state index contributed by atoms with van der Waals surface area (Å²) in [6.07, 6.45) is 8.78. The zero-order valence-electron chi connectivity index (χ0n) is 22.0. The standard InChI is InChI=1S/C29H44O7/c1-16-10-19(30)13-26(35-16)36-20-6-8-27(2)18(12-20)4-5-22-23(27)14-24(31)28(3)21(7-9-29(22,28)33)17-11-25(32)34-15-17/h11,16,18-24,26,30-31,33H,4-10,12-15H2,1-3H3/t16-,18-,19-,20-,21-,22?,23?,24-,26?,27+,28+,29+/m1/s1. The first-order valence-corrected chi connectivity index (χ1v) is 14.3. The number of hydrogen-bond donors (Lipinski definition) is 3. The van der Waals surface area contributed by atoms with Crippen LogP contribution in [0.25, 0.3) is 0 Å². The smallest absolute Gasteiger partial charge is 0.331 e. The molecule has 1 saturated heterocycles. The summed E-state index contributed by atoms with van der Waals surface area (Å²) in [6.45, 7) is 6.74. The van der Waals surface area contributed by atoms with Gasteiger partial charge in [0.1, 0.15) is 6.61 Å². The average Bonchev–Trinajstić information content (AvgIpc) is 3.35. The van der Waals surface area contributed by atoms with Gasteiger partial charge >= 0.3 is 5.97 Å². The number of fused-ring (bicyclic) bond motifs is 5. The molecule has 0 aromatic heterocycles. The van der Waals surface area contributed by atoms with Gasteiger partial charge in [-0.3, -0.25) is 0 Å². The summed E-state index contributed by atoms with van der Waals surface area (Å²) in [5.41, 5.74) is -0.591. The summed E-state index contributed by atoms with van der Waals surface area (Å²) in [5, 5.41) is 34.2. The second-order valence-corrected chi connectivity index (χ2v) is 13.4. The van der Waals surface area contributed by atoms with Crippen LogP contribution in [0, 0.1) is 34.5 Å². The lowest BCUT2D eigenvalue weighted by Crippen LogP contribution is -2.67. The van der Waals surface area contributed by atoms with Crippen LogP contribution < -0.4 is 0 Å². The molecule has 3 N–H and O–H groups in total. The highest BCUT2D eigenvalue weighted by atomic mass is 16.7. The highest BCUT2D eigenvalue weighted by Crippen LogP contribution is 2.70. The van der Waals surface area contributed by atoms with Gasteiger partial charge in [0.05, 0.1) is 30.0 Å². The van der Waals surface area contributed by atoms with Crippen molar-refractivity contribution in [2.75, 3.05) is 6.61 Å². The highest BCUT2D eigenvalue weighted by Gasteiger charge is 2.70. The van der Waals surface area contributed by atoms with Gasteiger partial charge in [0, 0.05) is 17.9 Å². The molecular weight excluding hydrogens is 460 g/mol. The molecule has 202 valence electrons. The van der Waals surface area contributed by atoms with Crippen LogP contribution in [0.1, 0.15) is 85.0 Å². The van der Waals surface area contributed by atoms with Gasteiger partial charge in [-0.25, -0.2) is 4.79 Å². The van der Waals surface area contributed by atoms with E-state index in [1.165, 1.54) is 0 Å². The highest BCUT2D eigenvalue weighted by molar-refractivity contribution is 5.85. The Balaban J connectivity index is 1.20. The molecule has 4 saturated carbocycles. The van der Waals surface area contributed by atoms with Crippen LogP contribution in [0.2, 0.25) is 0 Å². The Hall–Kier alpha value is -0.990. The van der Waals surface area contributed by atoms with E-state index in [4.69, 9.17) is 14.2 Å². The van der Waals surface area contributed by atoms with Crippen molar-refractivity contribution in [2.45, 2.75) is 121 Å². The zero-order chi connectivity index (χ0) is 25.5. The minimum atomic E-state index is -0.935. The third kappa shape index (κ3) is 3.67. The topological polar surface area (TPSA) is 105 Å². The number of hydrogen-bond acceptors (Lipinski definition) is 7. The number of aliphatic hydroxyl groups excluding tert-OH is 2. The number of ether oxygens (including phenoxy) is 3. The van der Waals surface area contributed by atoms with Crippen LogP contribution in [0.5, 0.6) is 0 Å².